The van der Waals surface area contributed by atoms with Gasteiger partial charge in [-0.3, -0.25) is 4.90 Å². The number of hydrogen-bond acceptors (Lipinski definition) is 4. The molecule has 1 aromatic rings. The summed E-state index contributed by atoms with van der Waals surface area (Å²) in [6, 6.07) is 10.8. The van der Waals surface area contributed by atoms with Crippen molar-refractivity contribution in [1.82, 2.24) is 9.80 Å². The van der Waals surface area contributed by atoms with Crippen molar-refractivity contribution in [2.45, 2.75) is 36.4 Å². The maximum Gasteiger partial charge on any atom is 0.0707 e. The molecule has 4 rings (SSSR count). The van der Waals surface area contributed by atoms with E-state index < -0.39 is 0 Å². The van der Waals surface area contributed by atoms with E-state index in [1.807, 2.05) is 11.8 Å². The van der Waals surface area contributed by atoms with Crippen LogP contribution in [0.25, 0.3) is 0 Å². The lowest BCUT2D eigenvalue weighted by molar-refractivity contribution is -0.0397. The van der Waals surface area contributed by atoms with E-state index in [4.69, 9.17) is 4.74 Å². The van der Waals surface area contributed by atoms with E-state index in [0.717, 1.165) is 19.0 Å². The van der Waals surface area contributed by atoms with Crippen molar-refractivity contribution in [3.05, 3.63) is 30.3 Å². The Hall–Kier alpha value is -0.550. The molecule has 3 heterocycles. The minimum atomic E-state index is 0.530. The second kappa shape index (κ2) is 7.56. The van der Waals surface area contributed by atoms with Gasteiger partial charge < -0.3 is 9.64 Å². The number of nitrogens with zero attached hydrogens (tertiary/aromatic N) is 2. The minimum Gasteiger partial charge on any atom is -0.372 e. The van der Waals surface area contributed by atoms with Gasteiger partial charge in [0.05, 0.1) is 12.2 Å². The van der Waals surface area contributed by atoms with Gasteiger partial charge in [-0.25, -0.2) is 0 Å². The van der Waals surface area contributed by atoms with Gasteiger partial charge in [-0.05, 0) is 43.9 Å². The fourth-order valence-electron chi connectivity index (χ4n) is 4.15. The third-order valence-electron chi connectivity index (χ3n) is 5.45. The smallest absolute Gasteiger partial charge is 0.0707 e. The van der Waals surface area contributed by atoms with Crippen LogP contribution in [0.15, 0.2) is 35.2 Å². The van der Waals surface area contributed by atoms with Crippen molar-refractivity contribution in [3.8, 4) is 0 Å². The molecule has 3 aliphatic rings. The first-order valence-electron chi connectivity index (χ1n) is 9.13. The second-order valence-electron chi connectivity index (χ2n) is 7.30. The fourth-order valence-corrected chi connectivity index (χ4v) is 5.20. The highest BCUT2D eigenvalue weighted by molar-refractivity contribution is 7.99. The molecule has 126 valence electrons. The topological polar surface area (TPSA) is 15.7 Å². The van der Waals surface area contributed by atoms with Gasteiger partial charge in [0.15, 0.2) is 0 Å². The van der Waals surface area contributed by atoms with Crippen molar-refractivity contribution in [3.63, 3.8) is 0 Å². The zero-order chi connectivity index (χ0) is 15.5. The molecule has 3 aliphatic heterocycles. The standard InChI is InChI=1S/C19H28N2OS/c1-2-4-19(5-3-1)23-15-16-8-9-20(12-16)10-11-21-13-17-6-7-18(14-21)22-17/h1-5,16-18H,6-15H2/t16-,17-,18+/m1/s1. The van der Waals surface area contributed by atoms with Crippen LogP contribution in [0.2, 0.25) is 0 Å². The average Bonchev–Trinajstić information content (AvgIpc) is 3.18. The van der Waals surface area contributed by atoms with E-state index in [1.165, 1.54) is 56.1 Å². The molecule has 2 bridgehead atoms. The van der Waals surface area contributed by atoms with Crippen LogP contribution in [0, 0.1) is 5.92 Å². The Morgan fingerprint density at radius 1 is 0.913 bits per heavy atom. The van der Waals surface area contributed by atoms with E-state index in [1.54, 1.807) is 0 Å². The SMILES string of the molecule is c1ccc(SC[C@@H]2CCN(CCN3C[C@H]4CC[C@@H](C3)O4)C2)cc1. The van der Waals surface area contributed by atoms with Crippen molar-refractivity contribution in [1.29, 1.82) is 0 Å². The molecular weight excluding hydrogens is 304 g/mol. The molecular formula is C19H28N2OS. The Kier molecular flexibility index (Phi) is 5.24. The van der Waals surface area contributed by atoms with E-state index in [-0.39, 0.29) is 0 Å². The highest BCUT2D eigenvalue weighted by atomic mass is 32.2. The quantitative estimate of drug-likeness (QED) is 0.744. The molecule has 3 atom stereocenters. The first-order chi connectivity index (χ1) is 11.3. The summed E-state index contributed by atoms with van der Waals surface area (Å²) < 4.78 is 5.93. The summed E-state index contributed by atoms with van der Waals surface area (Å²) in [5, 5.41) is 0. The normalized spacial score (nSPS) is 31.7. The van der Waals surface area contributed by atoms with Gasteiger partial charge >= 0.3 is 0 Å². The van der Waals surface area contributed by atoms with Gasteiger partial charge in [-0.2, -0.15) is 0 Å². The number of thioether (sulfide) groups is 1. The molecule has 0 unspecified atom stereocenters. The van der Waals surface area contributed by atoms with E-state index in [2.05, 4.69) is 40.1 Å². The summed E-state index contributed by atoms with van der Waals surface area (Å²) in [5.74, 6) is 2.13. The van der Waals surface area contributed by atoms with Gasteiger partial charge in [0.1, 0.15) is 0 Å². The maximum atomic E-state index is 5.93. The van der Waals surface area contributed by atoms with Gasteiger partial charge in [0.2, 0.25) is 0 Å². The second-order valence-corrected chi connectivity index (χ2v) is 8.39. The van der Waals surface area contributed by atoms with Gasteiger partial charge in [-0.1, -0.05) is 18.2 Å². The Bertz CT molecular complexity index is 485. The van der Waals surface area contributed by atoms with E-state index in [0.29, 0.717) is 12.2 Å². The highest BCUT2D eigenvalue weighted by Gasteiger charge is 2.33. The molecule has 0 radical (unpaired) electrons. The van der Waals surface area contributed by atoms with Crippen LogP contribution >= 0.6 is 11.8 Å². The third kappa shape index (κ3) is 4.30. The van der Waals surface area contributed by atoms with Crippen molar-refractivity contribution < 1.29 is 4.74 Å². The lowest BCUT2D eigenvalue weighted by atomic mass is 10.2. The van der Waals surface area contributed by atoms with Gasteiger partial charge in [-0.15, -0.1) is 11.8 Å². The fraction of sp³-hybridized carbons (Fsp3) is 0.684. The summed E-state index contributed by atoms with van der Waals surface area (Å²) in [4.78, 5) is 6.72. The van der Waals surface area contributed by atoms with Crippen LogP contribution in [0.1, 0.15) is 19.3 Å². The van der Waals surface area contributed by atoms with E-state index in [9.17, 15) is 0 Å². The lowest BCUT2D eigenvalue weighted by Crippen LogP contribution is -2.45. The molecule has 0 saturated carbocycles. The molecule has 0 aliphatic carbocycles. The average molecular weight is 333 g/mol. The van der Waals surface area contributed by atoms with Gasteiger partial charge in [0.25, 0.3) is 0 Å². The summed E-state index contributed by atoms with van der Waals surface area (Å²) in [6.07, 6.45) is 4.99. The largest absolute Gasteiger partial charge is 0.372 e. The Balaban J connectivity index is 1.16. The molecule has 23 heavy (non-hydrogen) atoms. The maximum absolute atomic E-state index is 5.93. The molecule has 4 heteroatoms. The zero-order valence-electron chi connectivity index (χ0n) is 13.9. The van der Waals surface area contributed by atoms with Crippen LogP contribution in [0.4, 0.5) is 0 Å². The van der Waals surface area contributed by atoms with Crippen LogP contribution in [-0.4, -0.2) is 67.0 Å². The Morgan fingerprint density at radius 3 is 2.43 bits per heavy atom. The van der Waals surface area contributed by atoms with E-state index >= 15 is 0 Å². The van der Waals surface area contributed by atoms with Crippen LogP contribution in [0.5, 0.6) is 0 Å². The van der Waals surface area contributed by atoms with Crippen molar-refractivity contribution in [2.24, 2.45) is 5.92 Å². The number of benzene rings is 1. The number of ether oxygens (including phenoxy) is 1. The molecule has 0 aromatic heterocycles. The number of likely N-dealkylation sites (tertiary alicyclic amines) is 2. The van der Waals surface area contributed by atoms with Crippen LogP contribution in [0.3, 0.4) is 0 Å². The third-order valence-corrected chi connectivity index (χ3v) is 6.69. The summed E-state index contributed by atoms with van der Waals surface area (Å²) >= 11 is 2.02. The molecule has 0 amide bonds. The summed E-state index contributed by atoms with van der Waals surface area (Å²) in [7, 11) is 0. The molecule has 3 saturated heterocycles. The highest BCUT2D eigenvalue weighted by Crippen LogP contribution is 2.27. The number of morpholine rings is 1. The Labute approximate surface area is 144 Å². The molecule has 0 N–H and O–H groups in total. The van der Waals surface area contributed by atoms with Crippen LogP contribution < -0.4 is 0 Å². The van der Waals surface area contributed by atoms with Crippen molar-refractivity contribution >= 4 is 11.8 Å². The first-order valence-corrected chi connectivity index (χ1v) is 10.1. The number of fused-ring (bicyclic) bond motifs is 2. The summed E-state index contributed by atoms with van der Waals surface area (Å²) in [6.45, 7) is 7.38. The lowest BCUT2D eigenvalue weighted by Gasteiger charge is -2.33. The van der Waals surface area contributed by atoms with Gasteiger partial charge in [0, 0.05) is 43.4 Å². The number of hydrogen-bond donors (Lipinski definition) is 0. The predicted octanol–water partition coefficient (Wildman–Crippen LogP) is 2.96. The summed E-state index contributed by atoms with van der Waals surface area (Å²) in [5.41, 5.74) is 0. The Morgan fingerprint density at radius 2 is 1.65 bits per heavy atom. The minimum absolute atomic E-state index is 0.530. The van der Waals surface area contributed by atoms with Crippen LogP contribution in [-0.2, 0) is 4.74 Å². The van der Waals surface area contributed by atoms with Crippen molar-refractivity contribution in [2.75, 3.05) is 45.0 Å². The molecule has 1 aromatic carbocycles. The monoisotopic (exact) mass is 332 g/mol. The first kappa shape index (κ1) is 15.9. The molecule has 3 nitrogen and oxygen atoms in total. The predicted molar refractivity (Wildman–Crippen MR) is 96.0 cm³/mol. The number of rotatable bonds is 6. The molecule has 0 spiro atoms. The molecule has 3 fully saturated rings. The zero-order valence-corrected chi connectivity index (χ0v) is 14.7.